The summed E-state index contributed by atoms with van der Waals surface area (Å²) in [5.41, 5.74) is 2.18. The van der Waals surface area contributed by atoms with Crippen molar-refractivity contribution < 1.29 is 17.6 Å². The number of hydrogen-bond acceptors (Lipinski definition) is 4. The van der Waals surface area contributed by atoms with Crippen LogP contribution < -0.4 is 4.72 Å². The minimum atomic E-state index is -3.87. The third kappa shape index (κ3) is 3.45. The Kier molecular flexibility index (Phi) is 4.71. The molecule has 0 spiro atoms. The number of hydrogen-bond donors (Lipinski definition) is 2. The maximum absolute atomic E-state index is 15.2. The molecule has 2 aliphatic rings. The fourth-order valence-corrected chi connectivity index (χ4v) is 5.10. The van der Waals surface area contributed by atoms with E-state index in [0.29, 0.717) is 24.1 Å². The maximum atomic E-state index is 15.2. The van der Waals surface area contributed by atoms with Gasteiger partial charge in [-0.3, -0.25) is 9.52 Å². The average Bonchev–Trinajstić information content (AvgIpc) is 3.38. The van der Waals surface area contributed by atoms with E-state index in [1.807, 2.05) is 24.3 Å². The molecule has 0 radical (unpaired) electrons. The first-order chi connectivity index (χ1) is 14.9. The lowest BCUT2D eigenvalue weighted by Gasteiger charge is -2.17. The number of rotatable bonds is 6. The summed E-state index contributed by atoms with van der Waals surface area (Å²) >= 11 is 0. The first-order valence-corrected chi connectivity index (χ1v) is 11.3. The number of nitrogens with one attached hydrogen (secondary N) is 2. The van der Waals surface area contributed by atoms with Gasteiger partial charge in [0.05, 0.1) is 11.3 Å². The summed E-state index contributed by atoms with van der Waals surface area (Å²) in [6.45, 7) is 0.789. The normalized spacial score (nSPS) is 16.4. The van der Waals surface area contributed by atoms with Crippen LogP contribution in [0.1, 0.15) is 34.3 Å². The number of fused-ring (bicyclic) bond motifs is 1. The number of allylic oxidation sites excluding steroid dienone is 4. The minimum Gasteiger partial charge on any atom is -0.345 e. The molecule has 1 aliphatic heterocycles. The molecule has 7 nitrogen and oxygen atoms in total. The maximum Gasteiger partial charge on any atom is 0.301 e. The first-order valence-electron chi connectivity index (χ1n) is 9.91. The van der Waals surface area contributed by atoms with Gasteiger partial charge in [0, 0.05) is 42.0 Å². The molecule has 0 unspecified atom stereocenters. The predicted molar refractivity (Wildman–Crippen MR) is 116 cm³/mol. The van der Waals surface area contributed by atoms with Gasteiger partial charge in [0.1, 0.15) is 5.65 Å². The van der Waals surface area contributed by atoms with Crippen molar-refractivity contribution in [2.24, 2.45) is 0 Å². The van der Waals surface area contributed by atoms with E-state index in [2.05, 4.69) is 14.7 Å². The number of anilines is 1. The van der Waals surface area contributed by atoms with Crippen LogP contribution >= 0.6 is 0 Å². The van der Waals surface area contributed by atoms with E-state index in [4.69, 9.17) is 0 Å². The van der Waals surface area contributed by atoms with Crippen LogP contribution in [0.25, 0.3) is 16.6 Å². The number of carbonyl (C=O) groups is 1. The Balaban J connectivity index is 1.49. The van der Waals surface area contributed by atoms with Crippen LogP contribution in [0.4, 0.5) is 10.1 Å². The highest BCUT2D eigenvalue weighted by atomic mass is 32.2. The minimum absolute atomic E-state index is 0.212. The van der Waals surface area contributed by atoms with E-state index in [9.17, 15) is 13.2 Å². The molecule has 1 aromatic carbocycles. The molecule has 3 heterocycles. The third-order valence-electron chi connectivity index (χ3n) is 5.55. The van der Waals surface area contributed by atoms with Crippen molar-refractivity contribution in [3.63, 3.8) is 0 Å². The lowest BCUT2D eigenvalue weighted by atomic mass is 9.98. The summed E-state index contributed by atoms with van der Waals surface area (Å²) in [6, 6.07) is 5.95. The number of nitrogens with zero attached hydrogens (tertiary/aromatic N) is 2. The fourth-order valence-electron chi connectivity index (χ4n) is 3.80. The number of H-pyrrole nitrogens is 1. The molecule has 3 aromatic rings. The molecule has 5 rings (SSSR count). The topological polar surface area (TPSA) is 95.2 Å². The van der Waals surface area contributed by atoms with Gasteiger partial charge in [0.25, 0.3) is 0 Å². The van der Waals surface area contributed by atoms with E-state index >= 15 is 4.39 Å². The first kappa shape index (κ1) is 19.7. The van der Waals surface area contributed by atoms with Crippen molar-refractivity contribution in [2.75, 3.05) is 17.8 Å². The van der Waals surface area contributed by atoms with Crippen LogP contribution in [-0.4, -0.2) is 41.6 Å². The highest BCUT2D eigenvalue weighted by molar-refractivity contribution is 7.90. The van der Waals surface area contributed by atoms with Crippen LogP contribution in [-0.2, 0) is 10.2 Å². The van der Waals surface area contributed by atoms with Crippen molar-refractivity contribution in [1.29, 1.82) is 0 Å². The zero-order valence-corrected chi connectivity index (χ0v) is 17.2. The number of pyridine rings is 1. The van der Waals surface area contributed by atoms with E-state index in [1.165, 1.54) is 28.7 Å². The molecule has 2 aromatic heterocycles. The van der Waals surface area contributed by atoms with Crippen molar-refractivity contribution in [3.8, 4) is 0 Å². The molecule has 2 N–H and O–H groups in total. The van der Waals surface area contributed by atoms with Gasteiger partial charge < -0.3 is 4.98 Å². The molecule has 1 fully saturated rings. The summed E-state index contributed by atoms with van der Waals surface area (Å²) in [5, 5.41) is 0.575. The Labute approximate surface area is 178 Å². The number of ketones is 1. The molecule has 0 bridgehead atoms. The van der Waals surface area contributed by atoms with E-state index in [1.54, 1.807) is 6.20 Å². The number of benzene rings is 1. The van der Waals surface area contributed by atoms with Gasteiger partial charge in [0.2, 0.25) is 0 Å². The Morgan fingerprint density at radius 1 is 1.19 bits per heavy atom. The van der Waals surface area contributed by atoms with Gasteiger partial charge in [-0.1, -0.05) is 24.3 Å². The van der Waals surface area contributed by atoms with Gasteiger partial charge in [0.15, 0.2) is 11.6 Å². The Morgan fingerprint density at radius 3 is 2.68 bits per heavy atom. The Morgan fingerprint density at radius 2 is 1.97 bits per heavy atom. The number of aromatic amines is 1. The number of halogens is 1. The van der Waals surface area contributed by atoms with Crippen LogP contribution in [0.2, 0.25) is 0 Å². The second-order valence-electron chi connectivity index (χ2n) is 7.51. The van der Waals surface area contributed by atoms with Crippen molar-refractivity contribution in [1.82, 2.24) is 14.3 Å². The van der Waals surface area contributed by atoms with Gasteiger partial charge in [-0.2, -0.15) is 12.7 Å². The van der Waals surface area contributed by atoms with E-state index in [0.717, 1.165) is 24.0 Å². The standard InChI is InChI=1S/C22H19FN4O3S/c23-20-16(7-4-8-19(20)26-31(29,30)27-9-1-2-10-27)21(28)18-13-25-22-17(18)11-15(12-24-22)14-5-3-6-14/h3-8,11-13,26H,1-2,9-10H2,(H,24,25). The van der Waals surface area contributed by atoms with Gasteiger partial charge in [-0.25, -0.2) is 9.37 Å². The summed E-state index contributed by atoms with van der Waals surface area (Å²) in [6.07, 6.45) is 10.5. The summed E-state index contributed by atoms with van der Waals surface area (Å²) in [5.74, 6) is -1.46. The average molecular weight is 438 g/mol. The summed E-state index contributed by atoms with van der Waals surface area (Å²) in [7, 11) is -3.87. The molecule has 1 saturated heterocycles. The second kappa shape index (κ2) is 7.44. The van der Waals surface area contributed by atoms with Gasteiger partial charge in [-0.05, 0) is 36.6 Å². The lowest BCUT2D eigenvalue weighted by Crippen LogP contribution is -2.33. The highest BCUT2D eigenvalue weighted by Crippen LogP contribution is 2.29. The number of carbonyl (C=O) groups excluding carboxylic acids is 1. The lowest BCUT2D eigenvalue weighted by molar-refractivity contribution is 0.103. The molecule has 158 valence electrons. The Hall–Kier alpha value is -3.30. The monoisotopic (exact) mass is 438 g/mol. The summed E-state index contributed by atoms with van der Waals surface area (Å²) < 4.78 is 43.8. The highest BCUT2D eigenvalue weighted by Gasteiger charge is 2.27. The Bertz CT molecular complexity index is 1370. The third-order valence-corrected chi connectivity index (χ3v) is 7.07. The quantitative estimate of drug-likeness (QED) is 0.575. The summed E-state index contributed by atoms with van der Waals surface area (Å²) in [4.78, 5) is 20.5. The van der Waals surface area contributed by atoms with Crippen molar-refractivity contribution in [3.05, 3.63) is 77.4 Å². The molecule has 0 amide bonds. The predicted octanol–water partition coefficient (Wildman–Crippen LogP) is 3.64. The molecular weight excluding hydrogens is 419 g/mol. The van der Waals surface area contributed by atoms with E-state index in [-0.39, 0.29) is 16.8 Å². The molecule has 0 saturated carbocycles. The zero-order chi connectivity index (χ0) is 21.6. The molecule has 1 aliphatic carbocycles. The van der Waals surface area contributed by atoms with Gasteiger partial charge >= 0.3 is 10.2 Å². The van der Waals surface area contributed by atoms with E-state index < -0.39 is 21.8 Å². The molecular formula is C22H19FN4O3S. The smallest absolute Gasteiger partial charge is 0.301 e. The van der Waals surface area contributed by atoms with Crippen molar-refractivity contribution >= 4 is 38.3 Å². The van der Waals surface area contributed by atoms with Crippen LogP contribution in [0.5, 0.6) is 0 Å². The SMILES string of the molecule is O=C(c1cccc(NS(=O)(=O)N2CCCC2)c1F)c1c[nH]c2ncc(C3=CC=C3)cc12. The second-order valence-corrected chi connectivity index (χ2v) is 9.18. The number of aromatic nitrogens is 2. The fraction of sp³-hybridized carbons (Fsp3) is 0.182. The van der Waals surface area contributed by atoms with Gasteiger partial charge in [-0.15, -0.1) is 0 Å². The molecule has 31 heavy (non-hydrogen) atoms. The zero-order valence-electron chi connectivity index (χ0n) is 16.4. The molecule has 9 heteroatoms. The van der Waals surface area contributed by atoms with Crippen molar-refractivity contribution in [2.45, 2.75) is 12.8 Å². The largest absolute Gasteiger partial charge is 0.345 e. The van der Waals surface area contributed by atoms with Crippen LogP contribution in [0.15, 0.2) is 54.9 Å². The molecule has 0 atom stereocenters. The van der Waals surface area contributed by atoms with Crippen LogP contribution in [0.3, 0.4) is 0 Å². The van der Waals surface area contributed by atoms with Crippen LogP contribution in [0, 0.1) is 5.82 Å².